The highest BCUT2D eigenvalue weighted by Gasteiger charge is 2.40. The third-order valence-corrected chi connectivity index (χ3v) is 15.6. The topological polar surface area (TPSA) is 99.0 Å². The molecule has 9 aromatic carbocycles. The molecule has 416 valence electrons. The summed E-state index contributed by atoms with van der Waals surface area (Å²) in [5, 5.41) is 0.202. The van der Waals surface area contributed by atoms with Crippen molar-refractivity contribution in [3.8, 4) is 45.6 Å². The van der Waals surface area contributed by atoms with Gasteiger partial charge in [-0.3, -0.25) is 0 Å². The van der Waals surface area contributed by atoms with Gasteiger partial charge in [0.25, 0.3) is 0 Å². The second-order valence-corrected chi connectivity index (χ2v) is 22.9. The number of hydrogen-bond donors (Lipinski definition) is 0. The summed E-state index contributed by atoms with van der Waals surface area (Å²) in [5.74, 6) is 3.28. The van der Waals surface area contributed by atoms with E-state index in [1.54, 1.807) is 0 Å². The molecule has 11 aromatic rings. The Balaban J connectivity index is 0.000000137. The summed E-state index contributed by atoms with van der Waals surface area (Å²) in [6.45, 7) is 17.4. The highest BCUT2D eigenvalue weighted by molar-refractivity contribution is 6.61. The van der Waals surface area contributed by atoms with Gasteiger partial charge in [-0.2, -0.15) is 9.97 Å². The Morgan fingerprint density at radius 2 is 0.702 bits per heavy atom. The Morgan fingerprint density at radius 1 is 0.381 bits per heavy atom. The molecular weight excluding hydrogens is 1050 g/mol. The summed E-state index contributed by atoms with van der Waals surface area (Å²) in [7, 11) is -0.367. The minimum absolute atomic E-state index is 0.0507. The predicted octanol–water partition coefficient (Wildman–Crippen LogP) is 17.2. The van der Waals surface area contributed by atoms with E-state index in [0.717, 1.165) is 39.2 Å². The van der Waals surface area contributed by atoms with Gasteiger partial charge in [-0.25, -0.2) is 19.9 Å². The Morgan fingerprint density at radius 3 is 1.08 bits per heavy atom. The quantitative estimate of drug-likeness (QED) is 0.117. The number of benzene rings is 9. The molecule has 11 heteroatoms. The van der Waals surface area contributed by atoms with Crippen LogP contribution in [0.15, 0.2) is 243 Å². The number of para-hydroxylation sites is 2. The third-order valence-electron chi connectivity index (χ3n) is 15.4. The van der Waals surface area contributed by atoms with Crippen LogP contribution in [-0.2, 0) is 20.1 Å². The van der Waals surface area contributed by atoms with Gasteiger partial charge in [0, 0.05) is 51.0 Å². The molecule has 0 saturated heterocycles. The van der Waals surface area contributed by atoms with Crippen molar-refractivity contribution in [3.63, 3.8) is 0 Å². The van der Waals surface area contributed by atoms with Crippen molar-refractivity contribution in [2.75, 3.05) is 4.90 Å². The summed E-state index contributed by atoms with van der Waals surface area (Å²) < 4.78 is 12.1. The Hall–Kier alpha value is -8.93. The van der Waals surface area contributed by atoms with Crippen LogP contribution >= 0.6 is 11.6 Å². The number of anilines is 3. The monoisotopic (exact) mass is 1120 g/mol. The van der Waals surface area contributed by atoms with Gasteiger partial charge in [0.05, 0.1) is 17.3 Å². The molecule has 0 unspecified atom stereocenters. The van der Waals surface area contributed by atoms with Gasteiger partial charge in [-0.15, -0.1) is 0 Å². The van der Waals surface area contributed by atoms with Crippen LogP contribution in [0.4, 0.5) is 17.1 Å². The maximum absolute atomic E-state index is 6.04. The Bertz CT molecular complexity index is 3790. The van der Waals surface area contributed by atoms with Crippen molar-refractivity contribution in [2.24, 2.45) is 0 Å². The third kappa shape index (κ3) is 12.1. The second kappa shape index (κ2) is 24.9. The smallest absolute Gasteiger partial charge is 0.405 e. The second-order valence-electron chi connectivity index (χ2n) is 22.6. The molecular formula is C73H67BClN7O2. The maximum atomic E-state index is 6.04. The zero-order valence-corrected chi connectivity index (χ0v) is 49.5. The normalized spacial score (nSPS) is 13.5. The first-order chi connectivity index (χ1) is 40.7. The number of nitrogens with zero attached hydrogens (tertiary/aromatic N) is 7. The SMILES string of the molecule is CC(C)OB(OC(C)C)c1ccc(N2c3ccccc3C(C)(C)c3ccccc32)cc1.CC1(C)c2ccccc2C(c2nc(-c3ccccc3)nc(-c3ccccc3)n2)c2ccccc21.Clc1nc(-c2ccccc2)nc(-c2ccccc2)n1. The van der Waals surface area contributed by atoms with Crippen molar-refractivity contribution in [2.45, 2.75) is 84.3 Å². The van der Waals surface area contributed by atoms with Crippen LogP contribution in [0.1, 0.15) is 101 Å². The van der Waals surface area contributed by atoms with E-state index in [1.165, 1.54) is 44.8 Å². The van der Waals surface area contributed by atoms with Crippen molar-refractivity contribution in [1.82, 2.24) is 29.9 Å². The van der Waals surface area contributed by atoms with Crippen molar-refractivity contribution < 1.29 is 9.31 Å². The molecule has 1 aliphatic carbocycles. The fraction of sp³-hybridized carbons (Fsp3) is 0.178. The largest absolute Gasteiger partial charge is 0.494 e. The van der Waals surface area contributed by atoms with Gasteiger partial charge in [0.2, 0.25) is 5.28 Å². The van der Waals surface area contributed by atoms with Crippen LogP contribution in [0.2, 0.25) is 5.28 Å². The highest BCUT2D eigenvalue weighted by Crippen LogP contribution is 2.52. The van der Waals surface area contributed by atoms with E-state index in [1.807, 2.05) is 125 Å². The molecule has 84 heavy (non-hydrogen) atoms. The summed E-state index contributed by atoms with van der Waals surface area (Å²) in [5.41, 5.74) is 16.1. The van der Waals surface area contributed by atoms with E-state index in [-0.39, 0.29) is 41.4 Å². The molecule has 0 fully saturated rings. The molecule has 0 atom stereocenters. The first kappa shape index (κ1) is 56.9. The minimum Gasteiger partial charge on any atom is -0.405 e. The van der Waals surface area contributed by atoms with E-state index in [4.69, 9.17) is 35.9 Å². The zero-order chi connectivity index (χ0) is 58.4. The van der Waals surface area contributed by atoms with Gasteiger partial charge < -0.3 is 14.2 Å². The molecule has 2 aromatic heterocycles. The van der Waals surface area contributed by atoms with Crippen molar-refractivity contribution in [1.29, 1.82) is 0 Å². The fourth-order valence-electron chi connectivity index (χ4n) is 11.4. The van der Waals surface area contributed by atoms with Crippen LogP contribution in [0.5, 0.6) is 0 Å². The zero-order valence-electron chi connectivity index (χ0n) is 48.7. The predicted molar refractivity (Wildman–Crippen MR) is 343 cm³/mol. The highest BCUT2D eigenvalue weighted by atomic mass is 35.5. The number of fused-ring (bicyclic) bond motifs is 4. The van der Waals surface area contributed by atoms with Crippen LogP contribution in [0.25, 0.3) is 45.6 Å². The van der Waals surface area contributed by atoms with Crippen molar-refractivity contribution >= 4 is 41.2 Å². The fourth-order valence-corrected chi connectivity index (χ4v) is 11.5. The molecule has 2 aliphatic rings. The van der Waals surface area contributed by atoms with Gasteiger partial charge in [0.15, 0.2) is 23.3 Å². The van der Waals surface area contributed by atoms with Crippen LogP contribution in [0, 0.1) is 0 Å². The molecule has 1 aliphatic heterocycles. The number of aromatic nitrogens is 6. The van der Waals surface area contributed by atoms with Crippen LogP contribution in [-0.4, -0.2) is 49.2 Å². The van der Waals surface area contributed by atoms with E-state index >= 15 is 0 Å². The molecule has 0 amide bonds. The molecule has 13 rings (SSSR count). The molecule has 3 heterocycles. The van der Waals surface area contributed by atoms with E-state index in [9.17, 15) is 0 Å². The first-order valence-corrected chi connectivity index (χ1v) is 29.1. The lowest BCUT2D eigenvalue weighted by Gasteiger charge is -2.42. The van der Waals surface area contributed by atoms with E-state index < -0.39 is 0 Å². The molecule has 9 nitrogen and oxygen atoms in total. The van der Waals surface area contributed by atoms with Gasteiger partial charge >= 0.3 is 7.12 Å². The minimum atomic E-state index is -0.367. The Labute approximate surface area is 499 Å². The molecule has 0 bridgehead atoms. The van der Waals surface area contributed by atoms with E-state index in [0.29, 0.717) is 23.3 Å². The average Bonchev–Trinajstić information content (AvgIpc) is 0.953. The Kier molecular flexibility index (Phi) is 16.9. The average molecular weight is 1120 g/mol. The maximum Gasteiger partial charge on any atom is 0.494 e. The van der Waals surface area contributed by atoms with Crippen LogP contribution in [0.3, 0.4) is 0 Å². The number of hydrogen-bond acceptors (Lipinski definition) is 9. The molecule has 0 N–H and O–H groups in total. The van der Waals surface area contributed by atoms with Gasteiger partial charge in [0.1, 0.15) is 5.82 Å². The summed E-state index contributed by atoms with van der Waals surface area (Å²) >= 11 is 5.99. The number of halogens is 1. The summed E-state index contributed by atoms with van der Waals surface area (Å²) in [6.07, 6.45) is 0.179. The summed E-state index contributed by atoms with van der Waals surface area (Å²) in [4.78, 5) is 30.2. The van der Waals surface area contributed by atoms with Gasteiger partial charge in [-0.1, -0.05) is 246 Å². The summed E-state index contributed by atoms with van der Waals surface area (Å²) in [6, 6.07) is 83.2. The molecule has 0 radical (unpaired) electrons. The van der Waals surface area contributed by atoms with Gasteiger partial charge in [-0.05, 0) is 102 Å². The van der Waals surface area contributed by atoms with E-state index in [2.05, 4.69) is 193 Å². The number of rotatable bonds is 11. The lowest BCUT2D eigenvalue weighted by atomic mass is 9.65. The van der Waals surface area contributed by atoms with Crippen LogP contribution < -0.4 is 10.4 Å². The lowest BCUT2D eigenvalue weighted by molar-refractivity contribution is 0.139. The standard InChI is InChI=1S/C31H25N3.C27H32BNO2.C15H10ClN3/c1-31(2)25-19-11-9-17-23(25)27(24-18-10-12-20-26(24)31)30-33-28(21-13-5-3-6-14-21)32-29(34-30)22-15-7-4-8-16-22;1-19(2)30-28(31-20(3)4)21-15-17-22(18-16-21)29-25-13-9-7-11-23(25)27(5,6)24-12-8-10-14-26(24)29;16-15-18-13(11-7-3-1-4-8-11)17-14(19-15)12-9-5-2-6-10-12/h3-20,27H,1-2H3;7-20H,1-6H3;1-10H. The molecule has 0 saturated carbocycles. The van der Waals surface area contributed by atoms with Crippen molar-refractivity contribution in [3.05, 3.63) is 287 Å². The molecule has 0 spiro atoms. The lowest BCUT2D eigenvalue weighted by Crippen LogP contribution is -2.40. The first-order valence-electron chi connectivity index (χ1n) is 28.7.